The number of benzene rings is 1. The van der Waals surface area contributed by atoms with Crippen molar-refractivity contribution in [2.45, 2.75) is 45.1 Å². The number of hydrogen-bond donors (Lipinski definition) is 1. The Morgan fingerprint density at radius 2 is 1.96 bits per heavy atom. The van der Waals surface area contributed by atoms with Crippen LogP contribution in [-0.4, -0.2) is 42.1 Å². The standard InChI is InChI=1S/C24H29NO3/c1-24(2)14-20-23(21(27)15-24)22(16-7-5-4-6-8-16)18-13-17(28-3)9-10-19(18)25(20)11-12-26/h4-9,13,19,22,26H,10-12,14-15H2,1-3H3. The van der Waals surface area contributed by atoms with E-state index >= 15 is 0 Å². The number of fused-ring (bicyclic) bond motifs is 1. The van der Waals surface area contributed by atoms with Crippen molar-refractivity contribution in [1.29, 1.82) is 0 Å². The molecule has 0 radical (unpaired) electrons. The number of carbonyl (C=O) groups is 1. The molecule has 0 saturated carbocycles. The third kappa shape index (κ3) is 3.20. The number of methoxy groups -OCH3 is 1. The van der Waals surface area contributed by atoms with E-state index < -0.39 is 0 Å². The predicted octanol–water partition coefficient (Wildman–Crippen LogP) is 3.95. The summed E-state index contributed by atoms with van der Waals surface area (Å²) in [6.45, 7) is 4.95. The van der Waals surface area contributed by atoms with Crippen LogP contribution in [0.4, 0.5) is 0 Å². The highest BCUT2D eigenvalue weighted by Gasteiger charge is 2.46. The zero-order valence-electron chi connectivity index (χ0n) is 16.9. The summed E-state index contributed by atoms with van der Waals surface area (Å²) >= 11 is 0. The van der Waals surface area contributed by atoms with Gasteiger partial charge in [-0.3, -0.25) is 4.79 Å². The molecule has 1 N–H and O–H groups in total. The highest BCUT2D eigenvalue weighted by Crippen LogP contribution is 2.51. The number of hydrogen-bond acceptors (Lipinski definition) is 4. The van der Waals surface area contributed by atoms with E-state index in [1.165, 1.54) is 5.57 Å². The van der Waals surface area contributed by atoms with E-state index in [1.54, 1.807) is 7.11 Å². The highest BCUT2D eigenvalue weighted by molar-refractivity contribution is 6.00. The van der Waals surface area contributed by atoms with Crippen LogP contribution in [0.1, 0.15) is 44.6 Å². The van der Waals surface area contributed by atoms with Crippen LogP contribution in [0.3, 0.4) is 0 Å². The number of aliphatic hydroxyl groups excluding tert-OH is 1. The van der Waals surface area contributed by atoms with Gasteiger partial charge in [0.2, 0.25) is 0 Å². The monoisotopic (exact) mass is 379 g/mol. The largest absolute Gasteiger partial charge is 0.497 e. The number of β-amino-alcohol motifs (C(OH)–C–C–N with tert-alkyl or cyclic N) is 1. The lowest BCUT2D eigenvalue weighted by molar-refractivity contribution is -0.119. The second-order valence-electron chi connectivity index (χ2n) is 8.77. The molecule has 3 aliphatic rings. The molecule has 1 aromatic rings. The minimum Gasteiger partial charge on any atom is -0.497 e. The smallest absolute Gasteiger partial charge is 0.162 e. The minimum atomic E-state index is -0.0612. The molecule has 2 unspecified atom stereocenters. The Hall–Kier alpha value is -2.33. The maximum Gasteiger partial charge on any atom is 0.162 e. The summed E-state index contributed by atoms with van der Waals surface area (Å²) in [5.74, 6) is 1.04. The molecule has 0 bridgehead atoms. The van der Waals surface area contributed by atoms with Gasteiger partial charge in [-0.1, -0.05) is 44.2 Å². The van der Waals surface area contributed by atoms with Crippen LogP contribution in [0.25, 0.3) is 0 Å². The van der Waals surface area contributed by atoms with Crippen LogP contribution >= 0.6 is 0 Å². The number of Topliss-reactive ketones (excluding diaryl/α,β-unsaturated/α-hetero) is 1. The molecular weight excluding hydrogens is 350 g/mol. The van der Waals surface area contributed by atoms with Gasteiger partial charge in [-0.2, -0.15) is 0 Å². The van der Waals surface area contributed by atoms with Crippen LogP contribution < -0.4 is 0 Å². The van der Waals surface area contributed by atoms with Crippen molar-refractivity contribution in [3.63, 3.8) is 0 Å². The van der Waals surface area contributed by atoms with Crippen molar-refractivity contribution in [2.75, 3.05) is 20.3 Å². The van der Waals surface area contributed by atoms with E-state index in [4.69, 9.17) is 4.74 Å². The predicted molar refractivity (Wildman–Crippen MR) is 110 cm³/mol. The summed E-state index contributed by atoms with van der Waals surface area (Å²) in [7, 11) is 1.69. The first-order chi connectivity index (χ1) is 13.4. The molecule has 1 heterocycles. The van der Waals surface area contributed by atoms with Crippen molar-refractivity contribution in [3.05, 3.63) is 70.6 Å². The molecule has 1 aromatic carbocycles. The number of carbonyl (C=O) groups excluding carboxylic acids is 1. The third-order valence-corrected chi connectivity index (χ3v) is 6.19. The Balaban J connectivity index is 1.94. The van der Waals surface area contributed by atoms with Gasteiger partial charge in [0.25, 0.3) is 0 Å². The number of allylic oxidation sites excluding steroid dienone is 3. The normalized spacial score (nSPS) is 26.3. The summed E-state index contributed by atoms with van der Waals surface area (Å²) in [6.07, 6.45) is 6.47. The summed E-state index contributed by atoms with van der Waals surface area (Å²) in [5.41, 5.74) is 4.33. The topological polar surface area (TPSA) is 49.8 Å². The van der Waals surface area contributed by atoms with Gasteiger partial charge in [-0.15, -0.1) is 0 Å². The fourth-order valence-corrected chi connectivity index (χ4v) is 5.05. The van der Waals surface area contributed by atoms with E-state index in [1.807, 2.05) is 18.2 Å². The number of nitrogens with zero attached hydrogens (tertiary/aromatic N) is 1. The number of ketones is 1. The molecule has 2 atom stereocenters. The molecule has 0 amide bonds. The molecule has 0 aromatic heterocycles. The molecule has 4 heteroatoms. The summed E-state index contributed by atoms with van der Waals surface area (Å²) in [5, 5.41) is 9.77. The van der Waals surface area contributed by atoms with E-state index in [-0.39, 0.29) is 29.8 Å². The highest BCUT2D eigenvalue weighted by atomic mass is 16.5. The van der Waals surface area contributed by atoms with Crippen LogP contribution in [0, 0.1) is 5.41 Å². The average Bonchev–Trinajstić information content (AvgIpc) is 2.68. The zero-order chi connectivity index (χ0) is 19.9. The lowest BCUT2D eigenvalue weighted by Gasteiger charge is -2.50. The quantitative estimate of drug-likeness (QED) is 0.861. The van der Waals surface area contributed by atoms with Gasteiger partial charge < -0.3 is 14.7 Å². The fourth-order valence-electron chi connectivity index (χ4n) is 5.05. The molecular formula is C24H29NO3. The third-order valence-electron chi connectivity index (χ3n) is 6.19. The molecule has 148 valence electrons. The van der Waals surface area contributed by atoms with E-state index in [0.717, 1.165) is 35.4 Å². The Labute approximate surface area is 167 Å². The molecule has 0 spiro atoms. The lowest BCUT2D eigenvalue weighted by Crippen LogP contribution is -2.48. The fraction of sp³-hybridized carbons (Fsp3) is 0.458. The number of ether oxygens (including phenoxy) is 1. The Morgan fingerprint density at radius 1 is 1.21 bits per heavy atom. The first-order valence-electron chi connectivity index (χ1n) is 10.1. The molecule has 4 nitrogen and oxygen atoms in total. The Bertz CT molecular complexity index is 863. The van der Waals surface area contributed by atoms with E-state index in [9.17, 15) is 9.90 Å². The van der Waals surface area contributed by atoms with E-state index in [0.29, 0.717) is 13.0 Å². The minimum absolute atomic E-state index is 0.0430. The SMILES string of the molecule is COC1=CCC2C(=C1)C(c1ccccc1)C1=C(CC(C)(C)CC1=O)N2CCO. The summed E-state index contributed by atoms with van der Waals surface area (Å²) < 4.78 is 5.53. The van der Waals surface area contributed by atoms with Crippen LogP contribution in [0.5, 0.6) is 0 Å². The summed E-state index contributed by atoms with van der Waals surface area (Å²) in [4.78, 5) is 15.7. The van der Waals surface area contributed by atoms with Crippen molar-refractivity contribution in [3.8, 4) is 0 Å². The number of aliphatic hydroxyl groups is 1. The molecule has 28 heavy (non-hydrogen) atoms. The van der Waals surface area contributed by atoms with Gasteiger partial charge in [0, 0.05) is 30.2 Å². The maximum atomic E-state index is 13.4. The average molecular weight is 380 g/mol. The molecule has 2 aliphatic carbocycles. The van der Waals surface area contributed by atoms with Gasteiger partial charge in [0.1, 0.15) is 5.76 Å². The molecule has 0 fully saturated rings. The molecule has 0 saturated heterocycles. The van der Waals surface area contributed by atoms with Crippen molar-refractivity contribution in [2.24, 2.45) is 5.41 Å². The van der Waals surface area contributed by atoms with Crippen LogP contribution in [0.15, 0.2) is 65.1 Å². The van der Waals surface area contributed by atoms with Crippen LogP contribution in [0.2, 0.25) is 0 Å². The second-order valence-corrected chi connectivity index (χ2v) is 8.77. The first-order valence-corrected chi connectivity index (χ1v) is 10.1. The van der Waals surface area contributed by atoms with Crippen LogP contribution in [-0.2, 0) is 9.53 Å². The Morgan fingerprint density at radius 3 is 2.64 bits per heavy atom. The zero-order valence-corrected chi connectivity index (χ0v) is 16.9. The van der Waals surface area contributed by atoms with Gasteiger partial charge in [-0.05, 0) is 41.5 Å². The van der Waals surface area contributed by atoms with E-state index in [2.05, 4.69) is 43.0 Å². The molecule has 1 aliphatic heterocycles. The number of rotatable bonds is 4. The summed E-state index contributed by atoms with van der Waals surface area (Å²) in [6, 6.07) is 10.5. The van der Waals surface area contributed by atoms with Gasteiger partial charge in [-0.25, -0.2) is 0 Å². The second kappa shape index (κ2) is 7.25. The first kappa shape index (κ1) is 19.0. The van der Waals surface area contributed by atoms with Crippen molar-refractivity contribution < 1.29 is 14.6 Å². The van der Waals surface area contributed by atoms with Gasteiger partial charge in [0.05, 0.1) is 19.8 Å². The lowest BCUT2D eigenvalue weighted by atomic mass is 9.65. The van der Waals surface area contributed by atoms with Crippen molar-refractivity contribution >= 4 is 5.78 Å². The Kier molecular flexibility index (Phi) is 4.92. The van der Waals surface area contributed by atoms with Crippen molar-refractivity contribution in [1.82, 2.24) is 4.90 Å². The maximum absolute atomic E-state index is 13.4. The van der Waals surface area contributed by atoms with Gasteiger partial charge >= 0.3 is 0 Å². The molecule has 4 rings (SSSR count). The van der Waals surface area contributed by atoms with Gasteiger partial charge in [0.15, 0.2) is 5.78 Å².